The second-order valence-corrected chi connectivity index (χ2v) is 4.47. The molecule has 21 heavy (non-hydrogen) atoms. The maximum atomic E-state index is 13.3. The largest absolute Gasteiger partial charge is 0.494 e. The van der Waals surface area contributed by atoms with E-state index in [2.05, 4.69) is 10.4 Å². The van der Waals surface area contributed by atoms with Crippen molar-refractivity contribution in [1.29, 1.82) is 0 Å². The van der Waals surface area contributed by atoms with E-state index in [1.807, 2.05) is 6.92 Å². The van der Waals surface area contributed by atoms with Crippen molar-refractivity contribution in [3.63, 3.8) is 0 Å². The Morgan fingerprint density at radius 1 is 1.52 bits per heavy atom. The number of rotatable bonds is 4. The molecule has 0 bridgehead atoms. The molecule has 0 fully saturated rings. The number of nitrogens with one attached hydrogen (secondary N) is 1. The summed E-state index contributed by atoms with van der Waals surface area (Å²) >= 11 is 0. The van der Waals surface area contributed by atoms with Crippen molar-refractivity contribution in [3.8, 4) is 5.75 Å². The number of carbonyl (C=O) groups is 1. The van der Waals surface area contributed by atoms with Gasteiger partial charge in [0.1, 0.15) is 5.69 Å². The first kappa shape index (κ1) is 14.8. The molecule has 1 heterocycles. The maximum Gasteiger partial charge on any atom is 0.276 e. The predicted octanol–water partition coefficient (Wildman–Crippen LogP) is 2.19. The number of methoxy groups -OCH3 is 1. The Labute approximate surface area is 121 Å². The van der Waals surface area contributed by atoms with E-state index in [-0.39, 0.29) is 5.75 Å². The van der Waals surface area contributed by atoms with E-state index in [9.17, 15) is 9.18 Å². The number of hydrogen-bond acceptors (Lipinski definition) is 4. The lowest BCUT2D eigenvalue weighted by atomic mass is 10.2. The number of amides is 1. The lowest BCUT2D eigenvalue weighted by Gasteiger charge is -2.09. The summed E-state index contributed by atoms with van der Waals surface area (Å²) < 4.78 is 19.8. The van der Waals surface area contributed by atoms with E-state index < -0.39 is 11.7 Å². The van der Waals surface area contributed by atoms with Crippen LogP contribution in [0.5, 0.6) is 5.75 Å². The van der Waals surface area contributed by atoms with Gasteiger partial charge in [0.2, 0.25) is 0 Å². The molecule has 2 aromatic rings. The van der Waals surface area contributed by atoms with Gasteiger partial charge in [-0.25, -0.2) is 4.39 Å². The molecule has 7 heteroatoms. The van der Waals surface area contributed by atoms with Crippen LogP contribution in [0.15, 0.2) is 18.2 Å². The third kappa shape index (κ3) is 2.81. The second-order valence-electron chi connectivity index (χ2n) is 4.47. The molecule has 0 aliphatic rings. The third-order valence-corrected chi connectivity index (χ3v) is 3.10. The van der Waals surface area contributed by atoms with E-state index in [1.165, 1.54) is 30.0 Å². The number of nitrogens with two attached hydrogens (primary N) is 1. The highest BCUT2D eigenvalue weighted by Crippen LogP contribution is 2.23. The van der Waals surface area contributed by atoms with Crippen LogP contribution in [0.3, 0.4) is 0 Å². The zero-order chi connectivity index (χ0) is 15.6. The van der Waals surface area contributed by atoms with E-state index in [1.54, 1.807) is 6.92 Å². The highest BCUT2D eigenvalue weighted by atomic mass is 19.1. The van der Waals surface area contributed by atoms with Crippen molar-refractivity contribution in [2.45, 2.75) is 20.4 Å². The van der Waals surface area contributed by atoms with E-state index in [4.69, 9.17) is 10.5 Å². The Hall–Kier alpha value is -2.57. The van der Waals surface area contributed by atoms with Gasteiger partial charge in [-0.15, -0.1) is 0 Å². The Bertz CT molecular complexity index is 682. The van der Waals surface area contributed by atoms with Crippen LogP contribution in [-0.2, 0) is 6.54 Å². The average Bonchev–Trinajstić information content (AvgIpc) is 2.76. The van der Waals surface area contributed by atoms with Crippen molar-refractivity contribution in [3.05, 3.63) is 35.4 Å². The number of ether oxygens (including phenoxy) is 1. The van der Waals surface area contributed by atoms with Crippen LogP contribution in [0.25, 0.3) is 0 Å². The minimum atomic E-state index is -0.496. The number of carbonyl (C=O) groups excluding carboxylic acids is 1. The minimum absolute atomic E-state index is 0.0564. The summed E-state index contributed by atoms with van der Waals surface area (Å²) in [6.07, 6.45) is 0. The van der Waals surface area contributed by atoms with E-state index in [0.29, 0.717) is 29.3 Å². The first-order chi connectivity index (χ1) is 9.97. The molecule has 0 saturated carbocycles. The number of nitrogen functional groups attached to an aromatic ring is 1. The molecule has 1 aromatic carbocycles. The van der Waals surface area contributed by atoms with Crippen LogP contribution in [0.2, 0.25) is 0 Å². The zero-order valence-electron chi connectivity index (χ0n) is 12.1. The summed E-state index contributed by atoms with van der Waals surface area (Å²) in [5, 5.41) is 6.85. The van der Waals surface area contributed by atoms with Gasteiger partial charge in [-0.1, -0.05) is 0 Å². The Balaban J connectivity index is 2.30. The molecular formula is C14H17FN4O2. The maximum absolute atomic E-state index is 13.3. The van der Waals surface area contributed by atoms with Gasteiger partial charge in [0.25, 0.3) is 5.91 Å². The Morgan fingerprint density at radius 2 is 2.24 bits per heavy atom. The van der Waals surface area contributed by atoms with Gasteiger partial charge < -0.3 is 15.8 Å². The Morgan fingerprint density at radius 3 is 2.86 bits per heavy atom. The summed E-state index contributed by atoms with van der Waals surface area (Å²) in [4.78, 5) is 12.3. The molecule has 112 valence electrons. The number of nitrogens with zero attached hydrogens (tertiary/aromatic N) is 2. The van der Waals surface area contributed by atoms with Crippen LogP contribution in [0, 0.1) is 12.7 Å². The molecular weight excluding hydrogens is 275 g/mol. The molecule has 0 atom stereocenters. The van der Waals surface area contributed by atoms with Gasteiger partial charge >= 0.3 is 0 Å². The lowest BCUT2D eigenvalue weighted by molar-refractivity contribution is 0.101. The van der Waals surface area contributed by atoms with Gasteiger partial charge in [0, 0.05) is 18.3 Å². The zero-order valence-corrected chi connectivity index (χ0v) is 12.1. The number of halogens is 1. The molecule has 0 saturated heterocycles. The van der Waals surface area contributed by atoms with E-state index >= 15 is 0 Å². The first-order valence-corrected chi connectivity index (χ1v) is 6.45. The minimum Gasteiger partial charge on any atom is -0.494 e. The number of benzene rings is 1. The van der Waals surface area contributed by atoms with Crippen molar-refractivity contribution in [2.75, 3.05) is 18.2 Å². The van der Waals surface area contributed by atoms with Crippen LogP contribution in [0.4, 0.5) is 15.8 Å². The van der Waals surface area contributed by atoms with Crippen LogP contribution in [0.1, 0.15) is 23.1 Å². The number of anilines is 2. The number of hydrogen-bond donors (Lipinski definition) is 2. The fourth-order valence-corrected chi connectivity index (χ4v) is 1.99. The molecule has 2 rings (SSSR count). The molecule has 1 aromatic heterocycles. The summed E-state index contributed by atoms with van der Waals surface area (Å²) in [5.41, 5.74) is 7.52. The molecule has 1 amide bonds. The highest BCUT2D eigenvalue weighted by molar-refractivity contribution is 6.06. The van der Waals surface area contributed by atoms with E-state index in [0.717, 1.165) is 0 Å². The topological polar surface area (TPSA) is 82.2 Å². The fraction of sp³-hybridized carbons (Fsp3) is 0.286. The summed E-state index contributed by atoms with van der Waals surface area (Å²) in [5.74, 6) is -0.839. The summed E-state index contributed by atoms with van der Waals surface area (Å²) in [6.45, 7) is 4.12. The van der Waals surface area contributed by atoms with Crippen molar-refractivity contribution >= 4 is 17.3 Å². The van der Waals surface area contributed by atoms with Crippen LogP contribution in [-0.4, -0.2) is 22.8 Å². The standard InChI is InChI=1S/C14H17FN4O2/c1-4-19-13(12(16)8(2)18-19)14(20)17-9-5-6-10(15)11(7-9)21-3/h5-7H,4,16H2,1-3H3,(H,17,20). The Kier molecular flexibility index (Phi) is 4.11. The molecule has 0 aliphatic carbocycles. The molecule has 0 unspecified atom stereocenters. The first-order valence-electron chi connectivity index (χ1n) is 6.45. The highest BCUT2D eigenvalue weighted by Gasteiger charge is 2.19. The third-order valence-electron chi connectivity index (χ3n) is 3.10. The van der Waals surface area contributed by atoms with Crippen LogP contribution < -0.4 is 15.8 Å². The van der Waals surface area contributed by atoms with Gasteiger partial charge in [-0.3, -0.25) is 9.48 Å². The molecule has 0 aliphatic heterocycles. The number of aromatic nitrogens is 2. The van der Waals surface area contributed by atoms with Gasteiger partial charge in [0.05, 0.1) is 18.5 Å². The molecule has 6 nitrogen and oxygen atoms in total. The monoisotopic (exact) mass is 292 g/mol. The second kappa shape index (κ2) is 5.82. The van der Waals surface area contributed by atoms with Crippen molar-refractivity contribution in [1.82, 2.24) is 9.78 Å². The predicted molar refractivity (Wildman–Crippen MR) is 78.0 cm³/mol. The van der Waals surface area contributed by atoms with Crippen LogP contribution >= 0.6 is 0 Å². The summed E-state index contributed by atoms with van der Waals surface area (Å²) in [7, 11) is 1.36. The summed E-state index contributed by atoms with van der Waals surface area (Å²) in [6, 6.07) is 4.08. The van der Waals surface area contributed by atoms with Gasteiger partial charge in [0.15, 0.2) is 11.6 Å². The SMILES string of the molecule is CCn1nc(C)c(N)c1C(=O)Nc1ccc(F)c(OC)c1. The van der Waals surface area contributed by atoms with Crippen molar-refractivity contribution in [2.24, 2.45) is 0 Å². The van der Waals surface area contributed by atoms with Gasteiger partial charge in [-0.05, 0) is 26.0 Å². The molecule has 3 N–H and O–H groups in total. The lowest BCUT2D eigenvalue weighted by Crippen LogP contribution is -2.18. The molecule has 0 radical (unpaired) electrons. The average molecular weight is 292 g/mol. The quantitative estimate of drug-likeness (QED) is 0.905. The van der Waals surface area contributed by atoms with Crippen molar-refractivity contribution < 1.29 is 13.9 Å². The smallest absolute Gasteiger partial charge is 0.276 e. The van der Waals surface area contributed by atoms with Gasteiger partial charge in [-0.2, -0.15) is 5.10 Å². The fourth-order valence-electron chi connectivity index (χ4n) is 1.99. The normalized spacial score (nSPS) is 10.5. The molecule has 0 spiro atoms. The number of aryl methyl sites for hydroxylation is 2.